The standard InChI is InChI=1S/C22H31N5OS/c1-28-21-7-5-19(6-8-21)26-10-12-27(13-11-26)20-4-3-9-25(17-20)16-18-14-23-22(29-2)24-15-18/h5-8,14-15,20H,3-4,9-13,16-17H2,1-2H3. The topological polar surface area (TPSA) is 44.7 Å². The quantitative estimate of drug-likeness (QED) is 0.533. The monoisotopic (exact) mass is 413 g/mol. The van der Waals surface area contributed by atoms with Gasteiger partial charge in [-0.1, -0.05) is 11.8 Å². The maximum atomic E-state index is 5.28. The van der Waals surface area contributed by atoms with E-state index in [-0.39, 0.29) is 0 Å². The van der Waals surface area contributed by atoms with Gasteiger partial charge in [-0.15, -0.1) is 0 Å². The first-order chi connectivity index (χ1) is 14.2. The summed E-state index contributed by atoms with van der Waals surface area (Å²) in [4.78, 5) is 16.6. The molecule has 1 aromatic carbocycles. The molecule has 2 fully saturated rings. The summed E-state index contributed by atoms with van der Waals surface area (Å²) in [5.41, 5.74) is 2.51. The lowest BCUT2D eigenvalue weighted by atomic mass is 10.0. The maximum absolute atomic E-state index is 5.28. The van der Waals surface area contributed by atoms with Crippen molar-refractivity contribution in [2.45, 2.75) is 30.6 Å². The number of methoxy groups -OCH3 is 1. The molecule has 2 saturated heterocycles. The Kier molecular flexibility index (Phi) is 6.90. The zero-order valence-electron chi connectivity index (χ0n) is 17.5. The molecule has 0 aliphatic carbocycles. The van der Waals surface area contributed by atoms with E-state index in [0.29, 0.717) is 6.04 Å². The van der Waals surface area contributed by atoms with Gasteiger partial charge in [-0.3, -0.25) is 9.80 Å². The number of thioether (sulfide) groups is 1. The second kappa shape index (κ2) is 9.78. The van der Waals surface area contributed by atoms with Crippen molar-refractivity contribution in [2.75, 3.05) is 57.5 Å². The SMILES string of the molecule is COc1ccc(N2CCN(C3CCCN(Cc4cnc(SC)nc4)C3)CC2)cc1. The molecule has 156 valence electrons. The number of piperidine rings is 1. The van der Waals surface area contributed by atoms with Gasteiger partial charge in [-0.05, 0) is 49.9 Å². The highest BCUT2D eigenvalue weighted by atomic mass is 32.2. The first-order valence-electron chi connectivity index (χ1n) is 10.5. The summed E-state index contributed by atoms with van der Waals surface area (Å²) in [5, 5.41) is 0.847. The molecule has 2 aliphatic rings. The number of nitrogens with zero attached hydrogens (tertiary/aromatic N) is 5. The van der Waals surface area contributed by atoms with E-state index in [0.717, 1.165) is 50.2 Å². The first kappa shape index (κ1) is 20.4. The number of anilines is 1. The molecule has 29 heavy (non-hydrogen) atoms. The van der Waals surface area contributed by atoms with E-state index in [1.165, 1.54) is 30.6 Å². The Morgan fingerprint density at radius 3 is 2.41 bits per heavy atom. The second-order valence-corrected chi connectivity index (χ2v) is 8.60. The minimum Gasteiger partial charge on any atom is -0.497 e. The van der Waals surface area contributed by atoms with Gasteiger partial charge in [0, 0.05) is 69.0 Å². The Balaban J connectivity index is 1.28. The summed E-state index contributed by atoms with van der Waals surface area (Å²) in [6.45, 7) is 7.72. The Morgan fingerprint density at radius 1 is 1.03 bits per heavy atom. The third-order valence-corrected chi connectivity index (χ3v) is 6.60. The van der Waals surface area contributed by atoms with Crippen molar-refractivity contribution in [2.24, 2.45) is 0 Å². The van der Waals surface area contributed by atoms with Crippen LogP contribution in [0.1, 0.15) is 18.4 Å². The van der Waals surface area contributed by atoms with Crippen molar-refractivity contribution in [3.8, 4) is 5.75 Å². The predicted octanol–water partition coefficient (Wildman–Crippen LogP) is 2.99. The fourth-order valence-electron chi connectivity index (χ4n) is 4.40. The van der Waals surface area contributed by atoms with Gasteiger partial charge >= 0.3 is 0 Å². The summed E-state index contributed by atoms with van der Waals surface area (Å²) in [6, 6.07) is 9.10. The number of aromatic nitrogens is 2. The van der Waals surface area contributed by atoms with Gasteiger partial charge in [0.1, 0.15) is 5.75 Å². The van der Waals surface area contributed by atoms with Crippen molar-refractivity contribution < 1.29 is 4.74 Å². The van der Waals surface area contributed by atoms with Crippen LogP contribution in [-0.4, -0.2) is 78.4 Å². The van der Waals surface area contributed by atoms with E-state index in [4.69, 9.17) is 4.74 Å². The van der Waals surface area contributed by atoms with E-state index >= 15 is 0 Å². The molecule has 1 atom stereocenters. The van der Waals surface area contributed by atoms with Crippen LogP contribution in [-0.2, 0) is 6.54 Å². The van der Waals surface area contributed by atoms with Gasteiger partial charge < -0.3 is 9.64 Å². The van der Waals surface area contributed by atoms with E-state index in [9.17, 15) is 0 Å². The zero-order chi connectivity index (χ0) is 20.1. The van der Waals surface area contributed by atoms with Crippen LogP contribution in [0.4, 0.5) is 5.69 Å². The van der Waals surface area contributed by atoms with Crippen LogP contribution in [0.15, 0.2) is 41.8 Å². The van der Waals surface area contributed by atoms with E-state index in [1.807, 2.05) is 18.6 Å². The Morgan fingerprint density at radius 2 is 1.76 bits per heavy atom. The highest BCUT2D eigenvalue weighted by Gasteiger charge is 2.28. The first-order valence-corrected chi connectivity index (χ1v) is 11.7. The summed E-state index contributed by atoms with van der Waals surface area (Å²) in [5.74, 6) is 0.920. The Hall–Kier alpha value is -1.83. The number of hydrogen-bond acceptors (Lipinski definition) is 7. The van der Waals surface area contributed by atoms with Crippen molar-refractivity contribution in [1.82, 2.24) is 19.8 Å². The molecule has 0 spiro atoms. The summed E-state index contributed by atoms with van der Waals surface area (Å²) in [7, 11) is 1.72. The fraction of sp³-hybridized carbons (Fsp3) is 0.545. The van der Waals surface area contributed by atoms with Crippen molar-refractivity contribution >= 4 is 17.4 Å². The normalized spacial score (nSPS) is 21.3. The fourth-order valence-corrected chi connectivity index (χ4v) is 4.72. The van der Waals surface area contributed by atoms with Gasteiger partial charge in [0.25, 0.3) is 0 Å². The predicted molar refractivity (Wildman–Crippen MR) is 119 cm³/mol. The Bertz CT molecular complexity index is 762. The smallest absolute Gasteiger partial charge is 0.187 e. The van der Waals surface area contributed by atoms with E-state index in [2.05, 4.69) is 48.9 Å². The number of benzene rings is 1. The van der Waals surface area contributed by atoms with Crippen LogP contribution in [0.3, 0.4) is 0 Å². The van der Waals surface area contributed by atoms with Crippen LogP contribution < -0.4 is 9.64 Å². The van der Waals surface area contributed by atoms with Crippen LogP contribution in [0.5, 0.6) is 5.75 Å². The lowest BCUT2D eigenvalue weighted by molar-refractivity contribution is 0.0886. The summed E-state index contributed by atoms with van der Waals surface area (Å²) < 4.78 is 5.28. The summed E-state index contributed by atoms with van der Waals surface area (Å²) >= 11 is 1.59. The van der Waals surface area contributed by atoms with Gasteiger partial charge in [-0.2, -0.15) is 0 Å². The minimum absolute atomic E-state index is 0.660. The molecular weight excluding hydrogens is 382 g/mol. The zero-order valence-corrected chi connectivity index (χ0v) is 18.3. The largest absolute Gasteiger partial charge is 0.497 e. The minimum atomic E-state index is 0.660. The molecule has 4 rings (SSSR count). The third kappa shape index (κ3) is 5.21. The molecule has 2 aromatic rings. The molecule has 1 unspecified atom stereocenters. The molecule has 6 nitrogen and oxygen atoms in total. The molecule has 0 amide bonds. The highest BCUT2D eigenvalue weighted by Crippen LogP contribution is 2.23. The number of likely N-dealkylation sites (tertiary alicyclic amines) is 1. The molecule has 0 bridgehead atoms. The molecule has 3 heterocycles. The van der Waals surface area contributed by atoms with Crippen LogP contribution in [0, 0.1) is 0 Å². The van der Waals surface area contributed by atoms with E-state index in [1.54, 1.807) is 18.9 Å². The van der Waals surface area contributed by atoms with Gasteiger partial charge in [0.2, 0.25) is 0 Å². The van der Waals surface area contributed by atoms with Crippen molar-refractivity contribution in [3.63, 3.8) is 0 Å². The average molecular weight is 414 g/mol. The molecule has 0 saturated carbocycles. The second-order valence-electron chi connectivity index (χ2n) is 7.83. The highest BCUT2D eigenvalue weighted by molar-refractivity contribution is 7.98. The molecule has 0 N–H and O–H groups in total. The third-order valence-electron chi connectivity index (χ3n) is 6.02. The van der Waals surface area contributed by atoms with Crippen LogP contribution in [0.2, 0.25) is 0 Å². The van der Waals surface area contributed by atoms with Crippen molar-refractivity contribution in [1.29, 1.82) is 0 Å². The molecule has 2 aliphatic heterocycles. The van der Waals surface area contributed by atoms with Gasteiger partial charge in [0.15, 0.2) is 5.16 Å². The lowest BCUT2D eigenvalue weighted by Crippen LogP contribution is -2.55. The Labute approximate surface area is 178 Å². The average Bonchev–Trinajstić information content (AvgIpc) is 2.80. The molecular formula is C22H31N5OS. The number of hydrogen-bond donors (Lipinski definition) is 0. The van der Waals surface area contributed by atoms with Crippen LogP contribution in [0.25, 0.3) is 0 Å². The van der Waals surface area contributed by atoms with Gasteiger partial charge in [0.05, 0.1) is 7.11 Å². The number of piperazine rings is 1. The lowest BCUT2D eigenvalue weighted by Gasteiger charge is -2.44. The maximum Gasteiger partial charge on any atom is 0.187 e. The van der Waals surface area contributed by atoms with Crippen LogP contribution >= 0.6 is 11.8 Å². The molecule has 1 aromatic heterocycles. The van der Waals surface area contributed by atoms with Crippen molar-refractivity contribution in [3.05, 3.63) is 42.2 Å². The van der Waals surface area contributed by atoms with E-state index < -0.39 is 0 Å². The van der Waals surface area contributed by atoms with Gasteiger partial charge in [-0.25, -0.2) is 9.97 Å². The molecule has 0 radical (unpaired) electrons. The number of ether oxygens (including phenoxy) is 1. The molecule has 7 heteroatoms. The summed E-state index contributed by atoms with van der Waals surface area (Å²) in [6.07, 6.45) is 8.55. The number of rotatable bonds is 6.